The minimum absolute atomic E-state index is 0.0490. The Morgan fingerprint density at radius 1 is 0.973 bits per heavy atom. The van der Waals surface area contributed by atoms with Crippen LogP contribution in [0.1, 0.15) is 74.4 Å². The van der Waals surface area contributed by atoms with Crippen LogP contribution in [-0.2, 0) is 15.0 Å². The Balaban J connectivity index is 1.97. The number of nitrogens with zero attached hydrogens (tertiary/aromatic N) is 1. The van der Waals surface area contributed by atoms with Crippen molar-refractivity contribution in [1.29, 1.82) is 0 Å². The number of aryl methyl sites for hydroxylation is 1. The average molecular weight is 498 g/mol. The summed E-state index contributed by atoms with van der Waals surface area (Å²) in [6.45, 7) is 12.4. The van der Waals surface area contributed by atoms with Crippen LogP contribution in [0.4, 0.5) is 5.69 Å². The molecule has 3 aromatic rings. The minimum Gasteiger partial charge on any atom is -0.507 e. The number of carbonyl (C=O) groups is 2. The van der Waals surface area contributed by atoms with Gasteiger partial charge in [-0.05, 0) is 59.2 Å². The summed E-state index contributed by atoms with van der Waals surface area (Å²) in [5.41, 5.74) is 4.70. The van der Waals surface area contributed by atoms with E-state index in [0.717, 1.165) is 22.3 Å². The minimum atomic E-state index is -0.784. The van der Waals surface area contributed by atoms with Crippen molar-refractivity contribution in [2.45, 2.75) is 58.9 Å². The van der Waals surface area contributed by atoms with Gasteiger partial charge in [-0.25, -0.2) is 0 Å². The zero-order valence-corrected chi connectivity index (χ0v) is 22.6. The Hall–Kier alpha value is -3.86. The first kappa shape index (κ1) is 26.2. The topological polar surface area (TPSA) is 66.8 Å². The van der Waals surface area contributed by atoms with Crippen molar-refractivity contribution in [1.82, 2.24) is 0 Å². The summed E-state index contributed by atoms with van der Waals surface area (Å²) in [5.74, 6) is -0.869. The van der Waals surface area contributed by atoms with E-state index in [4.69, 9.17) is 4.74 Å². The number of amides is 1. The zero-order valence-electron chi connectivity index (χ0n) is 22.6. The monoisotopic (exact) mass is 497 g/mol. The van der Waals surface area contributed by atoms with Crippen molar-refractivity contribution < 1.29 is 19.4 Å². The molecular formula is C32H35NO4. The van der Waals surface area contributed by atoms with E-state index in [1.54, 1.807) is 6.07 Å². The molecule has 1 N–H and O–H groups in total. The Morgan fingerprint density at radius 2 is 1.65 bits per heavy atom. The fourth-order valence-electron chi connectivity index (χ4n) is 4.78. The van der Waals surface area contributed by atoms with Crippen molar-refractivity contribution in [3.8, 4) is 5.75 Å². The van der Waals surface area contributed by atoms with Crippen molar-refractivity contribution in [3.05, 3.63) is 100 Å². The summed E-state index contributed by atoms with van der Waals surface area (Å²) in [7, 11) is 1.52. The number of Topliss-reactive ketones (excluding diaryl/α,β-unsaturated/α-hetero) is 1. The smallest absolute Gasteiger partial charge is 0.300 e. The van der Waals surface area contributed by atoms with E-state index in [0.29, 0.717) is 22.9 Å². The second-order valence-electron chi connectivity index (χ2n) is 11.0. The van der Waals surface area contributed by atoms with Crippen molar-refractivity contribution in [2.75, 3.05) is 12.0 Å². The second kappa shape index (κ2) is 9.89. The van der Waals surface area contributed by atoms with Gasteiger partial charge in [0.25, 0.3) is 11.7 Å². The fraction of sp³-hybridized carbons (Fsp3) is 0.312. The third kappa shape index (κ3) is 4.91. The molecule has 3 aromatic carbocycles. The number of rotatable bonds is 5. The molecule has 1 amide bonds. The second-order valence-corrected chi connectivity index (χ2v) is 11.0. The molecule has 1 aliphatic heterocycles. The van der Waals surface area contributed by atoms with Gasteiger partial charge in [0.2, 0.25) is 0 Å². The van der Waals surface area contributed by atoms with Gasteiger partial charge in [0.1, 0.15) is 11.5 Å². The third-order valence-corrected chi connectivity index (χ3v) is 6.96. The lowest BCUT2D eigenvalue weighted by molar-refractivity contribution is -0.132. The Bertz CT molecular complexity index is 1380. The summed E-state index contributed by atoms with van der Waals surface area (Å²) in [6.07, 6.45) is 0. The van der Waals surface area contributed by atoms with Crippen LogP contribution in [0, 0.1) is 6.92 Å². The highest BCUT2D eigenvalue weighted by Crippen LogP contribution is 2.44. The predicted octanol–water partition coefficient (Wildman–Crippen LogP) is 7.05. The van der Waals surface area contributed by atoms with E-state index in [1.165, 1.54) is 12.0 Å². The molecule has 0 spiro atoms. The van der Waals surface area contributed by atoms with Gasteiger partial charge >= 0.3 is 0 Å². The first-order valence-corrected chi connectivity index (χ1v) is 12.6. The van der Waals surface area contributed by atoms with Gasteiger partial charge in [-0.3, -0.25) is 14.5 Å². The maximum atomic E-state index is 13.6. The quantitative estimate of drug-likeness (QED) is 0.233. The predicted molar refractivity (Wildman–Crippen MR) is 148 cm³/mol. The molecule has 5 heteroatoms. The van der Waals surface area contributed by atoms with Crippen LogP contribution >= 0.6 is 0 Å². The molecule has 0 saturated carbocycles. The van der Waals surface area contributed by atoms with Gasteiger partial charge in [0, 0.05) is 5.69 Å². The largest absolute Gasteiger partial charge is 0.507 e. The molecule has 1 heterocycles. The SMILES string of the molecule is COc1ccc(C(C)(C)C)cc1/C(O)=C1\C(=O)C(=O)N(c2ccc(C(C)C)cc2)C1c1cccc(C)c1. The number of anilines is 1. The molecule has 192 valence electrons. The Labute approximate surface area is 219 Å². The van der Waals surface area contributed by atoms with E-state index in [2.05, 4.69) is 34.6 Å². The molecule has 37 heavy (non-hydrogen) atoms. The maximum Gasteiger partial charge on any atom is 0.300 e. The van der Waals surface area contributed by atoms with E-state index in [-0.39, 0.29) is 16.7 Å². The molecule has 1 fully saturated rings. The molecule has 0 bridgehead atoms. The number of ketones is 1. The van der Waals surface area contributed by atoms with Crippen molar-refractivity contribution in [3.63, 3.8) is 0 Å². The number of hydrogen-bond donors (Lipinski definition) is 1. The number of carbonyl (C=O) groups excluding carboxylic acids is 2. The molecule has 0 aromatic heterocycles. The highest BCUT2D eigenvalue weighted by Gasteiger charge is 2.47. The van der Waals surface area contributed by atoms with E-state index in [9.17, 15) is 14.7 Å². The number of ether oxygens (including phenoxy) is 1. The van der Waals surface area contributed by atoms with E-state index >= 15 is 0 Å². The Kier molecular flexibility index (Phi) is 7.00. The van der Waals surface area contributed by atoms with Crippen molar-refractivity contribution in [2.24, 2.45) is 0 Å². The maximum absolute atomic E-state index is 13.6. The molecule has 1 unspecified atom stereocenters. The molecule has 1 aliphatic rings. The van der Waals surface area contributed by atoms with Gasteiger partial charge in [0.15, 0.2) is 0 Å². The Morgan fingerprint density at radius 3 is 2.22 bits per heavy atom. The lowest BCUT2D eigenvalue weighted by atomic mass is 9.85. The van der Waals surface area contributed by atoms with Crippen molar-refractivity contribution >= 4 is 23.1 Å². The number of aliphatic hydroxyl groups excluding tert-OH is 1. The summed E-state index contributed by atoms with van der Waals surface area (Å²) in [6, 6.07) is 20.2. The van der Waals surface area contributed by atoms with Crippen LogP contribution in [0.15, 0.2) is 72.3 Å². The van der Waals surface area contributed by atoms with E-state index in [1.807, 2.05) is 67.6 Å². The van der Waals surface area contributed by atoms with Gasteiger partial charge in [-0.15, -0.1) is 0 Å². The van der Waals surface area contributed by atoms with Crippen LogP contribution < -0.4 is 9.64 Å². The molecule has 0 radical (unpaired) electrons. The number of methoxy groups -OCH3 is 1. The number of hydrogen-bond acceptors (Lipinski definition) is 4. The first-order chi connectivity index (χ1) is 17.4. The normalized spacial score (nSPS) is 17.5. The summed E-state index contributed by atoms with van der Waals surface area (Å²) in [4.78, 5) is 28.6. The van der Waals surface area contributed by atoms with Crippen LogP contribution in [-0.4, -0.2) is 23.9 Å². The lowest BCUT2D eigenvalue weighted by Gasteiger charge is -2.26. The standard InChI is InChI=1S/C32H35NO4/c1-19(2)21-11-14-24(15-12-21)33-28(22-10-8-9-20(3)17-22)27(30(35)31(33)36)29(34)25-18-23(32(4,5)6)13-16-26(25)37-7/h8-19,28,34H,1-7H3/b29-27+. The zero-order chi connectivity index (χ0) is 27.1. The molecule has 0 aliphatic carbocycles. The van der Waals surface area contributed by atoms with Gasteiger partial charge in [-0.1, -0.05) is 82.6 Å². The first-order valence-electron chi connectivity index (χ1n) is 12.6. The molecular weight excluding hydrogens is 462 g/mol. The van der Waals surface area contributed by atoms with Crippen LogP contribution in [0.2, 0.25) is 0 Å². The molecule has 1 atom stereocenters. The summed E-state index contributed by atoms with van der Waals surface area (Å²) in [5, 5.41) is 11.7. The summed E-state index contributed by atoms with van der Waals surface area (Å²) < 4.78 is 5.56. The van der Waals surface area contributed by atoms with E-state index < -0.39 is 17.7 Å². The lowest BCUT2D eigenvalue weighted by Crippen LogP contribution is -2.29. The fourth-order valence-corrected chi connectivity index (χ4v) is 4.78. The van der Waals surface area contributed by atoms with Gasteiger partial charge < -0.3 is 9.84 Å². The highest BCUT2D eigenvalue weighted by molar-refractivity contribution is 6.51. The van der Waals surface area contributed by atoms with Crippen LogP contribution in [0.25, 0.3) is 5.76 Å². The average Bonchev–Trinajstić information content (AvgIpc) is 3.13. The van der Waals surface area contributed by atoms with Gasteiger partial charge in [-0.2, -0.15) is 0 Å². The molecule has 5 nitrogen and oxygen atoms in total. The molecule has 1 saturated heterocycles. The highest BCUT2D eigenvalue weighted by atomic mass is 16.5. The number of benzene rings is 3. The van der Waals surface area contributed by atoms with Gasteiger partial charge in [0.05, 0.1) is 24.3 Å². The summed E-state index contributed by atoms with van der Waals surface area (Å²) >= 11 is 0. The third-order valence-electron chi connectivity index (χ3n) is 6.96. The van der Waals surface area contributed by atoms with Crippen LogP contribution in [0.3, 0.4) is 0 Å². The van der Waals surface area contributed by atoms with Crippen LogP contribution in [0.5, 0.6) is 5.75 Å². The molecule has 4 rings (SSSR count). The number of aliphatic hydroxyl groups is 1.